The van der Waals surface area contributed by atoms with Crippen LogP contribution in [0, 0.1) is 5.92 Å². The summed E-state index contributed by atoms with van der Waals surface area (Å²) in [5.41, 5.74) is 0. The Morgan fingerprint density at radius 3 is 2.43 bits per heavy atom. The van der Waals surface area contributed by atoms with Gasteiger partial charge in [-0.05, 0) is 19.3 Å². The third kappa shape index (κ3) is 9.96. The summed E-state index contributed by atoms with van der Waals surface area (Å²) in [6.07, 6.45) is 1.06. The van der Waals surface area contributed by atoms with E-state index in [-0.39, 0.29) is 0 Å². The van der Waals surface area contributed by atoms with Gasteiger partial charge in [0.05, 0.1) is 6.61 Å². The Morgan fingerprint density at radius 1 is 1.14 bits per heavy atom. The van der Waals surface area contributed by atoms with Crippen LogP contribution in [0.4, 0.5) is 0 Å². The summed E-state index contributed by atoms with van der Waals surface area (Å²) in [5, 5.41) is 3.39. The van der Waals surface area contributed by atoms with Gasteiger partial charge >= 0.3 is 0 Å². The lowest BCUT2D eigenvalue weighted by Gasteiger charge is -2.13. The van der Waals surface area contributed by atoms with Crippen molar-refractivity contribution in [1.29, 1.82) is 0 Å². The molecule has 1 atom stereocenters. The van der Waals surface area contributed by atoms with Crippen molar-refractivity contribution < 1.29 is 9.47 Å². The lowest BCUT2D eigenvalue weighted by atomic mass is 10.2. The van der Waals surface area contributed by atoms with Gasteiger partial charge in [0.2, 0.25) is 0 Å². The zero-order chi connectivity index (χ0) is 10.8. The van der Waals surface area contributed by atoms with Crippen molar-refractivity contribution in [3.05, 3.63) is 0 Å². The maximum Gasteiger partial charge on any atom is 0.0591 e. The van der Waals surface area contributed by atoms with Crippen LogP contribution in [0.15, 0.2) is 0 Å². The van der Waals surface area contributed by atoms with Crippen LogP contribution in [-0.4, -0.2) is 39.5 Å². The Bertz CT molecular complexity index is 118. The number of hydrogen-bond acceptors (Lipinski definition) is 3. The lowest BCUT2D eigenvalue weighted by molar-refractivity contribution is 0.109. The molecule has 0 aliphatic heterocycles. The van der Waals surface area contributed by atoms with E-state index in [0.29, 0.717) is 12.0 Å². The molecule has 0 aromatic carbocycles. The quantitative estimate of drug-likeness (QED) is 0.578. The molecule has 3 nitrogen and oxygen atoms in total. The summed E-state index contributed by atoms with van der Waals surface area (Å²) in [7, 11) is 1.73. The predicted octanol–water partition coefficient (Wildman–Crippen LogP) is 1.67. The zero-order valence-corrected chi connectivity index (χ0v) is 10.0. The van der Waals surface area contributed by atoms with Gasteiger partial charge in [-0.15, -0.1) is 0 Å². The van der Waals surface area contributed by atoms with Gasteiger partial charge in [-0.3, -0.25) is 0 Å². The molecular weight excluding hydrogens is 178 g/mol. The van der Waals surface area contributed by atoms with E-state index < -0.39 is 0 Å². The smallest absolute Gasteiger partial charge is 0.0591 e. The van der Waals surface area contributed by atoms with Crippen molar-refractivity contribution in [1.82, 2.24) is 5.32 Å². The van der Waals surface area contributed by atoms with E-state index in [2.05, 4.69) is 26.1 Å². The largest absolute Gasteiger partial charge is 0.385 e. The maximum absolute atomic E-state index is 5.46. The second-order valence-electron chi connectivity index (χ2n) is 4.11. The summed E-state index contributed by atoms with van der Waals surface area (Å²) in [6.45, 7) is 9.90. The Balaban J connectivity index is 3.10. The van der Waals surface area contributed by atoms with E-state index in [4.69, 9.17) is 9.47 Å². The Morgan fingerprint density at radius 2 is 1.86 bits per heavy atom. The molecule has 0 aliphatic carbocycles. The molecule has 0 spiro atoms. The number of ether oxygens (including phenoxy) is 2. The van der Waals surface area contributed by atoms with Crippen molar-refractivity contribution in [2.45, 2.75) is 33.2 Å². The summed E-state index contributed by atoms with van der Waals surface area (Å²) >= 11 is 0. The Kier molecular flexibility index (Phi) is 9.35. The fraction of sp³-hybridized carbons (Fsp3) is 1.00. The monoisotopic (exact) mass is 203 g/mol. The van der Waals surface area contributed by atoms with Crippen LogP contribution in [-0.2, 0) is 9.47 Å². The SMILES string of the molecule is COCCC(C)NCCOCC(C)C. The molecular formula is C11H25NO2. The molecule has 0 aromatic rings. The van der Waals surface area contributed by atoms with Crippen LogP contribution in [0.3, 0.4) is 0 Å². The third-order valence-corrected chi connectivity index (χ3v) is 1.95. The molecule has 3 heteroatoms. The summed E-state index contributed by atoms with van der Waals surface area (Å²) in [4.78, 5) is 0. The molecule has 14 heavy (non-hydrogen) atoms. The molecule has 0 aliphatic rings. The highest BCUT2D eigenvalue weighted by Crippen LogP contribution is 1.92. The minimum atomic E-state index is 0.512. The second kappa shape index (κ2) is 9.44. The molecule has 1 unspecified atom stereocenters. The van der Waals surface area contributed by atoms with Crippen LogP contribution in [0.5, 0.6) is 0 Å². The topological polar surface area (TPSA) is 30.5 Å². The first-order valence-electron chi connectivity index (χ1n) is 5.47. The van der Waals surface area contributed by atoms with E-state index in [1.165, 1.54) is 0 Å². The molecule has 0 fully saturated rings. The van der Waals surface area contributed by atoms with Crippen molar-refractivity contribution in [3.63, 3.8) is 0 Å². The van der Waals surface area contributed by atoms with E-state index in [9.17, 15) is 0 Å². The highest BCUT2D eigenvalue weighted by Gasteiger charge is 1.99. The van der Waals surface area contributed by atoms with E-state index in [1.54, 1.807) is 7.11 Å². The maximum atomic E-state index is 5.46. The molecule has 0 heterocycles. The normalized spacial score (nSPS) is 13.5. The molecule has 86 valence electrons. The Hall–Kier alpha value is -0.120. The number of nitrogens with one attached hydrogen (secondary N) is 1. The van der Waals surface area contributed by atoms with Gasteiger partial charge in [-0.25, -0.2) is 0 Å². The van der Waals surface area contributed by atoms with Crippen LogP contribution >= 0.6 is 0 Å². The van der Waals surface area contributed by atoms with Crippen LogP contribution in [0.25, 0.3) is 0 Å². The fourth-order valence-corrected chi connectivity index (χ4v) is 1.09. The lowest BCUT2D eigenvalue weighted by Crippen LogP contribution is -2.30. The van der Waals surface area contributed by atoms with E-state index in [0.717, 1.165) is 32.8 Å². The van der Waals surface area contributed by atoms with Crippen molar-refractivity contribution >= 4 is 0 Å². The van der Waals surface area contributed by atoms with Gasteiger partial charge in [0.25, 0.3) is 0 Å². The van der Waals surface area contributed by atoms with Crippen molar-refractivity contribution in [2.24, 2.45) is 5.92 Å². The molecule has 0 saturated heterocycles. The van der Waals surface area contributed by atoms with Crippen LogP contribution < -0.4 is 5.32 Å². The zero-order valence-electron chi connectivity index (χ0n) is 10.0. The van der Waals surface area contributed by atoms with Gasteiger partial charge in [0.15, 0.2) is 0 Å². The average molecular weight is 203 g/mol. The molecule has 0 rings (SSSR count). The van der Waals surface area contributed by atoms with Gasteiger partial charge in [-0.1, -0.05) is 13.8 Å². The van der Waals surface area contributed by atoms with Gasteiger partial charge in [-0.2, -0.15) is 0 Å². The van der Waals surface area contributed by atoms with Crippen LogP contribution in [0.2, 0.25) is 0 Å². The Labute approximate surface area is 88.2 Å². The summed E-state index contributed by atoms with van der Waals surface area (Å²) < 4.78 is 10.5. The molecule has 0 saturated carbocycles. The average Bonchev–Trinajstić information content (AvgIpc) is 2.13. The molecule has 1 N–H and O–H groups in total. The first-order chi connectivity index (χ1) is 6.66. The number of methoxy groups -OCH3 is 1. The van der Waals surface area contributed by atoms with Gasteiger partial charge in [0.1, 0.15) is 0 Å². The van der Waals surface area contributed by atoms with Crippen molar-refractivity contribution in [3.8, 4) is 0 Å². The van der Waals surface area contributed by atoms with Crippen molar-refractivity contribution in [2.75, 3.05) is 33.5 Å². The van der Waals surface area contributed by atoms with E-state index >= 15 is 0 Å². The first kappa shape index (κ1) is 13.9. The van der Waals surface area contributed by atoms with E-state index in [1.807, 2.05) is 0 Å². The minimum Gasteiger partial charge on any atom is -0.385 e. The van der Waals surface area contributed by atoms with Gasteiger partial charge < -0.3 is 14.8 Å². The summed E-state index contributed by atoms with van der Waals surface area (Å²) in [6, 6.07) is 0.512. The third-order valence-electron chi connectivity index (χ3n) is 1.95. The minimum absolute atomic E-state index is 0.512. The molecule has 0 bridgehead atoms. The highest BCUT2D eigenvalue weighted by molar-refractivity contribution is 4.59. The standard InChI is InChI=1S/C11H25NO2/c1-10(2)9-14-8-6-12-11(3)5-7-13-4/h10-12H,5-9H2,1-4H3. The molecule has 0 aromatic heterocycles. The van der Waals surface area contributed by atoms with Crippen LogP contribution in [0.1, 0.15) is 27.2 Å². The predicted molar refractivity (Wildman–Crippen MR) is 59.6 cm³/mol. The fourth-order valence-electron chi connectivity index (χ4n) is 1.09. The summed E-state index contributed by atoms with van der Waals surface area (Å²) in [5.74, 6) is 0.626. The van der Waals surface area contributed by atoms with Gasteiger partial charge in [0, 0.05) is 32.9 Å². The number of hydrogen-bond donors (Lipinski definition) is 1. The first-order valence-corrected chi connectivity index (χ1v) is 5.47. The number of rotatable bonds is 9. The second-order valence-corrected chi connectivity index (χ2v) is 4.11. The molecule has 0 amide bonds. The molecule has 0 radical (unpaired) electrons. The highest BCUT2D eigenvalue weighted by atomic mass is 16.5.